The van der Waals surface area contributed by atoms with Crippen LogP contribution in [0.4, 0.5) is 23.7 Å². The first-order valence-corrected chi connectivity index (χ1v) is 5.17. The van der Waals surface area contributed by atoms with E-state index in [0.29, 0.717) is 0 Å². The molecular formula is C11H13F3N4O. The molecule has 0 aromatic heterocycles. The topological polar surface area (TPSA) is 82.2 Å². The number of nitrogen functional groups attached to an aromatic ring is 1. The zero-order chi connectivity index (χ0) is 14.8. The van der Waals surface area contributed by atoms with Crippen molar-refractivity contribution in [3.8, 4) is 0 Å². The fraction of sp³-hybridized carbons (Fsp3) is 0.273. The van der Waals surface area contributed by atoms with E-state index in [9.17, 15) is 18.0 Å². The van der Waals surface area contributed by atoms with E-state index in [0.717, 1.165) is 12.1 Å². The molecule has 8 heteroatoms. The molecule has 0 aliphatic carbocycles. The molecule has 1 aromatic rings. The minimum absolute atomic E-state index is 0.0176. The Labute approximate surface area is 107 Å². The summed E-state index contributed by atoms with van der Waals surface area (Å²) < 4.78 is 38.4. The molecule has 1 aromatic carbocycles. The zero-order valence-electron chi connectivity index (χ0n) is 10.3. The van der Waals surface area contributed by atoms with Crippen molar-refractivity contribution >= 4 is 17.6 Å². The van der Waals surface area contributed by atoms with Gasteiger partial charge in [-0.15, -0.1) is 0 Å². The number of hydrogen-bond donors (Lipinski definition) is 3. The number of halogens is 3. The van der Waals surface area contributed by atoms with Gasteiger partial charge < -0.3 is 16.0 Å². The minimum Gasteiger partial charge on any atom is -0.384 e. The van der Waals surface area contributed by atoms with Gasteiger partial charge in [-0.05, 0) is 18.2 Å². The molecule has 4 N–H and O–H groups in total. The van der Waals surface area contributed by atoms with Crippen LogP contribution in [0.1, 0.15) is 11.1 Å². The Kier molecular flexibility index (Phi) is 4.03. The normalized spacial score (nSPS) is 11.0. The molecule has 0 atom stereocenters. The fourth-order valence-corrected chi connectivity index (χ4v) is 1.33. The molecule has 0 radical (unpaired) electrons. The van der Waals surface area contributed by atoms with Crippen molar-refractivity contribution < 1.29 is 18.0 Å². The van der Waals surface area contributed by atoms with E-state index in [1.54, 1.807) is 0 Å². The van der Waals surface area contributed by atoms with Crippen LogP contribution >= 0.6 is 0 Å². The molecule has 5 nitrogen and oxygen atoms in total. The summed E-state index contributed by atoms with van der Waals surface area (Å²) in [6.07, 6.45) is -4.65. The van der Waals surface area contributed by atoms with Gasteiger partial charge in [0.15, 0.2) is 0 Å². The number of carbonyl (C=O) groups is 1. The predicted molar refractivity (Wildman–Crippen MR) is 65.2 cm³/mol. The van der Waals surface area contributed by atoms with Gasteiger partial charge in [0.2, 0.25) is 0 Å². The Bertz CT molecular complexity index is 511. The number of benzene rings is 1. The molecule has 0 spiro atoms. The number of nitrogens with one attached hydrogen (secondary N) is 2. The van der Waals surface area contributed by atoms with Gasteiger partial charge in [-0.2, -0.15) is 13.2 Å². The van der Waals surface area contributed by atoms with Gasteiger partial charge in [0, 0.05) is 25.3 Å². The van der Waals surface area contributed by atoms with E-state index in [-0.39, 0.29) is 5.69 Å². The van der Waals surface area contributed by atoms with Gasteiger partial charge in [-0.3, -0.25) is 5.41 Å². The monoisotopic (exact) mass is 274 g/mol. The maximum absolute atomic E-state index is 12.8. The lowest BCUT2D eigenvalue weighted by atomic mass is 10.1. The molecule has 0 aliphatic rings. The summed E-state index contributed by atoms with van der Waals surface area (Å²) in [7, 11) is 2.92. The average molecular weight is 274 g/mol. The molecule has 0 saturated carbocycles. The molecule has 0 unspecified atom stereocenters. The molecular weight excluding hydrogens is 261 g/mol. The maximum Gasteiger partial charge on any atom is 0.417 e. The number of rotatable bonds is 2. The van der Waals surface area contributed by atoms with Crippen LogP contribution in [0.3, 0.4) is 0 Å². The third-order valence-electron chi connectivity index (χ3n) is 2.27. The molecule has 1 rings (SSSR count). The van der Waals surface area contributed by atoms with Gasteiger partial charge in [-0.25, -0.2) is 4.79 Å². The number of nitrogens with two attached hydrogens (primary N) is 1. The van der Waals surface area contributed by atoms with Crippen LogP contribution in [0.15, 0.2) is 18.2 Å². The number of carbonyl (C=O) groups excluding carboxylic acids is 1. The Hall–Kier alpha value is -2.25. The summed E-state index contributed by atoms with van der Waals surface area (Å²) in [6.45, 7) is 0. The van der Waals surface area contributed by atoms with E-state index in [1.165, 1.54) is 25.1 Å². The summed E-state index contributed by atoms with van der Waals surface area (Å²) in [5, 5.41) is 9.41. The number of anilines is 1. The smallest absolute Gasteiger partial charge is 0.384 e. The van der Waals surface area contributed by atoms with Gasteiger partial charge in [0.05, 0.1) is 5.56 Å². The van der Waals surface area contributed by atoms with Crippen LogP contribution in [0.5, 0.6) is 0 Å². The summed E-state index contributed by atoms with van der Waals surface area (Å²) in [5.74, 6) is -0.683. The van der Waals surface area contributed by atoms with E-state index in [1.807, 2.05) is 0 Å². The minimum atomic E-state index is -4.65. The second kappa shape index (κ2) is 5.17. The maximum atomic E-state index is 12.8. The standard InChI is InChI=1S/C11H13F3N4O/c1-18(2)10(19)17-6-3-4-7(9(15)16)8(5-6)11(12,13)14/h3-5H,1-2H3,(H3,15,16)(H,17,19). The van der Waals surface area contributed by atoms with Crippen molar-refractivity contribution in [1.29, 1.82) is 5.41 Å². The van der Waals surface area contributed by atoms with Crippen LogP contribution in [-0.2, 0) is 6.18 Å². The number of amides is 2. The third-order valence-corrected chi connectivity index (χ3v) is 2.27. The lowest BCUT2D eigenvalue weighted by molar-refractivity contribution is -0.137. The Morgan fingerprint density at radius 3 is 2.37 bits per heavy atom. The first kappa shape index (κ1) is 14.8. The van der Waals surface area contributed by atoms with Crippen LogP contribution in [0, 0.1) is 5.41 Å². The Balaban J connectivity index is 3.19. The Morgan fingerprint density at radius 2 is 1.95 bits per heavy atom. The average Bonchev–Trinajstić information content (AvgIpc) is 2.27. The number of alkyl halides is 3. The summed E-state index contributed by atoms with van der Waals surface area (Å²) >= 11 is 0. The van der Waals surface area contributed by atoms with Crippen LogP contribution in [0.25, 0.3) is 0 Å². The lowest BCUT2D eigenvalue weighted by Crippen LogP contribution is -2.27. The predicted octanol–water partition coefficient (Wildman–Crippen LogP) is 2.08. The van der Waals surface area contributed by atoms with Gasteiger partial charge in [-0.1, -0.05) is 0 Å². The largest absolute Gasteiger partial charge is 0.417 e. The number of amidine groups is 1. The Morgan fingerprint density at radius 1 is 1.37 bits per heavy atom. The number of hydrogen-bond acceptors (Lipinski definition) is 2. The highest BCUT2D eigenvalue weighted by Gasteiger charge is 2.34. The molecule has 0 aliphatic heterocycles. The second-order valence-corrected chi connectivity index (χ2v) is 4.00. The highest BCUT2D eigenvalue weighted by Crippen LogP contribution is 2.33. The van der Waals surface area contributed by atoms with Crippen molar-refractivity contribution in [2.75, 3.05) is 19.4 Å². The highest BCUT2D eigenvalue weighted by molar-refractivity contribution is 5.97. The fourth-order valence-electron chi connectivity index (χ4n) is 1.33. The SMILES string of the molecule is CN(C)C(=O)Nc1ccc(C(=N)N)c(C(F)(F)F)c1. The molecule has 19 heavy (non-hydrogen) atoms. The van der Waals surface area contributed by atoms with E-state index in [4.69, 9.17) is 11.1 Å². The van der Waals surface area contributed by atoms with Crippen LogP contribution in [0.2, 0.25) is 0 Å². The summed E-state index contributed by atoms with van der Waals surface area (Å²) in [5.41, 5.74) is 3.60. The van der Waals surface area contributed by atoms with Gasteiger partial charge >= 0.3 is 12.2 Å². The van der Waals surface area contributed by atoms with E-state index >= 15 is 0 Å². The van der Waals surface area contributed by atoms with Crippen molar-refractivity contribution in [1.82, 2.24) is 4.90 Å². The van der Waals surface area contributed by atoms with Gasteiger partial charge in [0.25, 0.3) is 0 Å². The van der Waals surface area contributed by atoms with Crippen molar-refractivity contribution in [3.63, 3.8) is 0 Å². The lowest BCUT2D eigenvalue weighted by Gasteiger charge is -2.16. The van der Waals surface area contributed by atoms with E-state index in [2.05, 4.69) is 5.32 Å². The van der Waals surface area contributed by atoms with Crippen molar-refractivity contribution in [2.45, 2.75) is 6.18 Å². The zero-order valence-corrected chi connectivity index (χ0v) is 10.3. The second-order valence-electron chi connectivity index (χ2n) is 4.00. The molecule has 0 fully saturated rings. The first-order chi connectivity index (χ1) is 8.62. The molecule has 0 saturated heterocycles. The van der Waals surface area contributed by atoms with Crippen LogP contribution in [-0.4, -0.2) is 30.9 Å². The van der Waals surface area contributed by atoms with E-state index < -0.39 is 29.2 Å². The van der Waals surface area contributed by atoms with Crippen molar-refractivity contribution in [3.05, 3.63) is 29.3 Å². The molecule has 0 heterocycles. The number of nitrogens with zero attached hydrogens (tertiary/aromatic N) is 1. The molecule has 104 valence electrons. The molecule has 0 bridgehead atoms. The quantitative estimate of drug-likeness (QED) is 0.570. The van der Waals surface area contributed by atoms with Crippen molar-refractivity contribution in [2.24, 2.45) is 5.73 Å². The number of urea groups is 1. The highest BCUT2D eigenvalue weighted by atomic mass is 19.4. The summed E-state index contributed by atoms with van der Waals surface area (Å²) in [6, 6.07) is 2.51. The first-order valence-electron chi connectivity index (χ1n) is 5.17. The molecule has 2 amide bonds. The third kappa shape index (κ3) is 3.60. The summed E-state index contributed by atoms with van der Waals surface area (Å²) in [4.78, 5) is 12.5. The van der Waals surface area contributed by atoms with Crippen LogP contribution < -0.4 is 11.1 Å². The van der Waals surface area contributed by atoms with Gasteiger partial charge in [0.1, 0.15) is 5.84 Å².